The van der Waals surface area contributed by atoms with Gasteiger partial charge in [-0.15, -0.1) is 0 Å². The van der Waals surface area contributed by atoms with Crippen LogP contribution in [0, 0.1) is 0 Å². The molecular weight excluding hydrogens is 348 g/mol. The number of hydrogen-bond donors (Lipinski definition) is 2. The molecule has 1 heterocycles. The Morgan fingerprint density at radius 3 is 2.72 bits per heavy atom. The first-order valence-electron chi connectivity index (χ1n) is 7.93. The first-order chi connectivity index (χ1) is 11.8. The zero-order valence-corrected chi connectivity index (χ0v) is 15.0. The van der Waals surface area contributed by atoms with Gasteiger partial charge in [0.05, 0.1) is 30.3 Å². The van der Waals surface area contributed by atoms with Crippen molar-refractivity contribution in [2.75, 3.05) is 37.9 Å². The lowest BCUT2D eigenvalue weighted by Crippen LogP contribution is -2.43. The minimum absolute atomic E-state index is 0.0625. The smallest absolute Gasteiger partial charge is 0.338 e. The van der Waals surface area contributed by atoms with Crippen molar-refractivity contribution >= 4 is 27.4 Å². The van der Waals surface area contributed by atoms with Gasteiger partial charge in [-0.25, -0.2) is 13.2 Å². The number of nitrogens with one attached hydrogen (secondary N) is 2. The molecule has 0 aliphatic carbocycles. The van der Waals surface area contributed by atoms with Crippen LogP contribution in [-0.4, -0.2) is 59.0 Å². The van der Waals surface area contributed by atoms with Gasteiger partial charge in [0.15, 0.2) is 9.84 Å². The average Bonchev–Trinajstić information content (AvgIpc) is 2.54. The van der Waals surface area contributed by atoms with E-state index in [4.69, 9.17) is 9.47 Å². The molecule has 1 aliphatic heterocycles. The van der Waals surface area contributed by atoms with E-state index in [1.54, 1.807) is 6.92 Å². The number of carbonyl (C=O) groups is 2. The summed E-state index contributed by atoms with van der Waals surface area (Å²) in [4.78, 5) is 24.0. The lowest BCUT2D eigenvalue weighted by atomic mass is 10.1. The topological polar surface area (TPSA) is 111 Å². The van der Waals surface area contributed by atoms with E-state index in [2.05, 4.69) is 10.6 Å². The quantitative estimate of drug-likeness (QED) is 0.705. The summed E-state index contributed by atoms with van der Waals surface area (Å²) >= 11 is 0. The first-order valence-corrected chi connectivity index (χ1v) is 9.82. The fourth-order valence-corrected chi connectivity index (χ4v) is 3.09. The Morgan fingerprint density at radius 1 is 1.36 bits per heavy atom. The van der Waals surface area contributed by atoms with E-state index >= 15 is 0 Å². The SMILES string of the molecule is CCOC(=O)c1cc(NC(=O)CC2COCCN2)cc(S(C)(=O)=O)c1. The molecule has 1 atom stereocenters. The van der Waals surface area contributed by atoms with Crippen molar-refractivity contribution in [3.63, 3.8) is 0 Å². The summed E-state index contributed by atoms with van der Waals surface area (Å²) in [6.07, 6.45) is 1.21. The number of rotatable bonds is 6. The third-order valence-electron chi connectivity index (χ3n) is 3.56. The molecule has 2 N–H and O–H groups in total. The monoisotopic (exact) mass is 370 g/mol. The number of sulfone groups is 1. The highest BCUT2D eigenvalue weighted by Crippen LogP contribution is 2.20. The molecule has 0 bridgehead atoms. The maximum Gasteiger partial charge on any atom is 0.338 e. The van der Waals surface area contributed by atoms with Gasteiger partial charge in [-0.3, -0.25) is 4.79 Å². The standard InChI is InChI=1S/C16H22N2O6S/c1-3-24-16(20)11-6-12(8-14(7-11)25(2,21)22)18-15(19)9-13-10-23-5-4-17-13/h6-8,13,17H,3-5,9-10H2,1-2H3,(H,18,19). The van der Waals surface area contributed by atoms with Gasteiger partial charge in [0.2, 0.25) is 5.91 Å². The second-order valence-corrected chi connectivity index (χ2v) is 7.73. The van der Waals surface area contributed by atoms with E-state index in [0.717, 1.165) is 6.26 Å². The summed E-state index contributed by atoms with van der Waals surface area (Å²) in [6, 6.07) is 3.85. The van der Waals surface area contributed by atoms with Crippen molar-refractivity contribution in [1.82, 2.24) is 5.32 Å². The van der Waals surface area contributed by atoms with Crippen molar-refractivity contribution in [2.45, 2.75) is 24.3 Å². The molecule has 8 nitrogen and oxygen atoms in total. The van der Waals surface area contributed by atoms with E-state index in [1.807, 2.05) is 0 Å². The molecule has 0 radical (unpaired) electrons. The third-order valence-corrected chi connectivity index (χ3v) is 4.65. The maximum atomic E-state index is 12.2. The van der Waals surface area contributed by atoms with Crippen LogP contribution >= 0.6 is 0 Å². The van der Waals surface area contributed by atoms with E-state index < -0.39 is 15.8 Å². The van der Waals surface area contributed by atoms with Crippen LogP contribution in [0.2, 0.25) is 0 Å². The Morgan fingerprint density at radius 2 is 2.12 bits per heavy atom. The van der Waals surface area contributed by atoms with Crippen molar-refractivity contribution in [2.24, 2.45) is 0 Å². The Labute approximate surface area is 146 Å². The zero-order chi connectivity index (χ0) is 18.4. The molecule has 1 saturated heterocycles. The molecular formula is C16H22N2O6S. The number of carbonyl (C=O) groups excluding carboxylic acids is 2. The molecule has 0 aromatic heterocycles. The molecule has 1 fully saturated rings. The third kappa shape index (κ3) is 5.80. The Hall–Kier alpha value is -1.97. The fourth-order valence-electron chi connectivity index (χ4n) is 2.40. The van der Waals surface area contributed by atoms with Crippen molar-refractivity contribution in [3.05, 3.63) is 23.8 Å². The highest BCUT2D eigenvalue weighted by atomic mass is 32.2. The van der Waals surface area contributed by atoms with Gasteiger partial charge in [0, 0.05) is 31.0 Å². The van der Waals surface area contributed by atoms with E-state index in [1.165, 1.54) is 18.2 Å². The van der Waals surface area contributed by atoms with Crippen LogP contribution in [0.5, 0.6) is 0 Å². The van der Waals surface area contributed by atoms with Crippen LogP contribution in [0.1, 0.15) is 23.7 Å². The van der Waals surface area contributed by atoms with E-state index in [9.17, 15) is 18.0 Å². The lowest BCUT2D eigenvalue weighted by Gasteiger charge is -2.23. The Bertz CT molecular complexity index is 741. The molecule has 1 aromatic rings. The minimum atomic E-state index is -3.55. The zero-order valence-electron chi connectivity index (χ0n) is 14.2. The number of morpholine rings is 1. The van der Waals surface area contributed by atoms with Crippen molar-refractivity contribution < 1.29 is 27.5 Å². The Balaban J connectivity index is 2.18. The molecule has 9 heteroatoms. The van der Waals surface area contributed by atoms with Gasteiger partial charge >= 0.3 is 5.97 Å². The van der Waals surface area contributed by atoms with Crippen LogP contribution in [0.3, 0.4) is 0 Å². The van der Waals surface area contributed by atoms with Crippen LogP contribution in [0.15, 0.2) is 23.1 Å². The van der Waals surface area contributed by atoms with E-state index in [-0.39, 0.29) is 41.1 Å². The predicted octanol–water partition coefficient (Wildman–Crippen LogP) is 0.584. The molecule has 138 valence electrons. The first kappa shape index (κ1) is 19.4. The number of esters is 1. The molecule has 1 aliphatic rings. The average molecular weight is 370 g/mol. The number of anilines is 1. The summed E-state index contributed by atoms with van der Waals surface area (Å²) in [5, 5.41) is 5.79. The summed E-state index contributed by atoms with van der Waals surface area (Å²) in [6.45, 7) is 3.54. The number of amides is 1. The number of ether oxygens (including phenoxy) is 2. The van der Waals surface area contributed by atoms with Gasteiger partial charge in [-0.1, -0.05) is 0 Å². The molecule has 1 amide bonds. The summed E-state index contributed by atoms with van der Waals surface area (Å²) in [5.41, 5.74) is 0.298. The summed E-state index contributed by atoms with van der Waals surface area (Å²) in [7, 11) is -3.55. The summed E-state index contributed by atoms with van der Waals surface area (Å²) < 4.78 is 33.9. The Kier molecular flexibility index (Phi) is 6.51. The van der Waals surface area contributed by atoms with Crippen molar-refractivity contribution in [3.8, 4) is 0 Å². The largest absolute Gasteiger partial charge is 0.462 e. The van der Waals surface area contributed by atoms with Crippen LogP contribution in [-0.2, 0) is 24.1 Å². The molecule has 2 rings (SSSR count). The summed E-state index contributed by atoms with van der Waals surface area (Å²) in [5.74, 6) is -0.950. The second kappa shape index (κ2) is 8.41. The van der Waals surface area contributed by atoms with Gasteiger partial charge < -0.3 is 20.1 Å². The number of hydrogen-bond acceptors (Lipinski definition) is 7. The lowest BCUT2D eigenvalue weighted by molar-refractivity contribution is -0.117. The minimum Gasteiger partial charge on any atom is -0.462 e. The molecule has 1 aromatic carbocycles. The molecule has 25 heavy (non-hydrogen) atoms. The van der Waals surface area contributed by atoms with Gasteiger partial charge in [0.1, 0.15) is 0 Å². The predicted molar refractivity (Wildman–Crippen MR) is 91.4 cm³/mol. The highest BCUT2D eigenvalue weighted by Gasteiger charge is 2.19. The van der Waals surface area contributed by atoms with Crippen molar-refractivity contribution in [1.29, 1.82) is 0 Å². The molecule has 0 spiro atoms. The van der Waals surface area contributed by atoms with E-state index in [0.29, 0.717) is 19.8 Å². The van der Waals surface area contributed by atoms with Crippen LogP contribution < -0.4 is 10.6 Å². The van der Waals surface area contributed by atoms with Gasteiger partial charge in [-0.05, 0) is 25.1 Å². The maximum absolute atomic E-state index is 12.2. The highest BCUT2D eigenvalue weighted by molar-refractivity contribution is 7.90. The van der Waals surface area contributed by atoms with Crippen LogP contribution in [0.4, 0.5) is 5.69 Å². The second-order valence-electron chi connectivity index (χ2n) is 5.72. The fraction of sp³-hybridized carbons (Fsp3) is 0.500. The van der Waals surface area contributed by atoms with Gasteiger partial charge in [0.25, 0.3) is 0 Å². The normalized spacial score (nSPS) is 17.8. The molecule has 0 saturated carbocycles. The number of benzene rings is 1. The molecule has 1 unspecified atom stereocenters. The van der Waals surface area contributed by atoms with Gasteiger partial charge in [-0.2, -0.15) is 0 Å². The van der Waals surface area contributed by atoms with Crippen LogP contribution in [0.25, 0.3) is 0 Å².